The van der Waals surface area contributed by atoms with Crippen molar-refractivity contribution in [3.05, 3.63) is 54.2 Å². The summed E-state index contributed by atoms with van der Waals surface area (Å²) in [6.45, 7) is 5.61. The molecule has 29 heavy (non-hydrogen) atoms. The Balaban J connectivity index is 1.59. The van der Waals surface area contributed by atoms with Crippen LogP contribution >= 0.6 is 0 Å². The number of ether oxygens (including phenoxy) is 1. The highest BCUT2D eigenvalue weighted by molar-refractivity contribution is 5.89. The zero-order chi connectivity index (χ0) is 20.0. The summed E-state index contributed by atoms with van der Waals surface area (Å²) >= 11 is 0. The van der Waals surface area contributed by atoms with Gasteiger partial charge in [-0.2, -0.15) is 0 Å². The molecule has 0 bridgehead atoms. The lowest BCUT2D eigenvalue weighted by Gasteiger charge is -2.39. The Morgan fingerprint density at radius 1 is 1.31 bits per heavy atom. The molecule has 2 saturated heterocycles. The highest BCUT2D eigenvalue weighted by Crippen LogP contribution is 2.41. The van der Waals surface area contributed by atoms with Gasteiger partial charge in [-0.15, -0.1) is 10.2 Å². The zero-order valence-corrected chi connectivity index (χ0v) is 16.0. The Bertz CT molecular complexity index is 1090. The largest absolute Gasteiger partial charge is 0.507 e. The van der Waals surface area contributed by atoms with Crippen LogP contribution in [0.3, 0.4) is 0 Å². The zero-order valence-electron chi connectivity index (χ0n) is 16.0. The summed E-state index contributed by atoms with van der Waals surface area (Å²) in [7, 11) is 0. The van der Waals surface area contributed by atoms with E-state index in [4.69, 9.17) is 4.74 Å². The van der Waals surface area contributed by atoms with Gasteiger partial charge in [0.2, 0.25) is 5.91 Å². The number of rotatable bonds is 4. The van der Waals surface area contributed by atoms with Gasteiger partial charge in [0.15, 0.2) is 5.65 Å². The van der Waals surface area contributed by atoms with Crippen LogP contribution < -0.4 is 0 Å². The van der Waals surface area contributed by atoms with E-state index < -0.39 is 0 Å². The molecule has 0 aliphatic carbocycles. The van der Waals surface area contributed by atoms with Gasteiger partial charge in [-0.3, -0.25) is 4.79 Å². The molecule has 1 atom stereocenters. The molecule has 2 N–H and O–H groups in total. The first kappa shape index (κ1) is 17.9. The number of benzene rings is 1. The van der Waals surface area contributed by atoms with E-state index in [2.05, 4.69) is 21.8 Å². The van der Waals surface area contributed by atoms with Gasteiger partial charge in [0, 0.05) is 47.8 Å². The third-order valence-corrected chi connectivity index (χ3v) is 5.84. The SMILES string of the molecule is C=CC(=O)N1CC(c2[nH]c3nnc(-c4ccccc4O)cc3c2[C@@H]2CCCO2)C1. The third kappa shape index (κ3) is 2.98. The average Bonchev–Trinajstić information content (AvgIpc) is 3.34. The number of amides is 1. The van der Waals surface area contributed by atoms with E-state index in [0.717, 1.165) is 36.1 Å². The smallest absolute Gasteiger partial charge is 0.245 e. The number of fused-ring (bicyclic) bond motifs is 1. The number of nitrogens with zero attached hydrogens (tertiary/aromatic N) is 3. The minimum absolute atomic E-state index is 0.00401. The number of nitrogens with one attached hydrogen (secondary N) is 1. The summed E-state index contributed by atoms with van der Waals surface area (Å²) in [4.78, 5) is 17.1. The Morgan fingerprint density at radius 3 is 2.86 bits per heavy atom. The molecular weight excluding hydrogens is 368 g/mol. The van der Waals surface area contributed by atoms with Crippen LogP contribution in [-0.4, -0.2) is 50.8 Å². The minimum atomic E-state index is -0.0438. The van der Waals surface area contributed by atoms with Crippen LogP contribution in [-0.2, 0) is 9.53 Å². The monoisotopic (exact) mass is 390 g/mol. The fourth-order valence-corrected chi connectivity index (χ4v) is 4.30. The first-order chi connectivity index (χ1) is 14.2. The maximum atomic E-state index is 11.8. The van der Waals surface area contributed by atoms with Gasteiger partial charge in [0.25, 0.3) is 0 Å². The molecule has 2 aliphatic heterocycles. The second-order valence-electron chi connectivity index (χ2n) is 7.61. The van der Waals surface area contributed by atoms with E-state index in [1.807, 2.05) is 18.2 Å². The minimum Gasteiger partial charge on any atom is -0.507 e. The van der Waals surface area contributed by atoms with Gasteiger partial charge >= 0.3 is 0 Å². The average molecular weight is 390 g/mol. The third-order valence-electron chi connectivity index (χ3n) is 5.84. The molecule has 0 unspecified atom stereocenters. The van der Waals surface area contributed by atoms with Crippen LogP contribution in [0.4, 0.5) is 0 Å². The predicted molar refractivity (Wildman–Crippen MR) is 108 cm³/mol. The number of aromatic amines is 1. The van der Waals surface area contributed by atoms with Gasteiger partial charge in [0.1, 0.15) is 5.75 Å². The number of phenolic OH excluding ortho intramolecular Hbond substituents is 1. The maximum absolute atomic E-state index is 11.8. The molecule has 0 spiro atoms. The van der Waals surface area contributed by atoms with Crippen LogP contribution in [0.25, 0.3) is 22.3 Å². The molecule has 7 nitrogen and oxygen atoms in total. The quantitative estimate of drug-likeness (QED) is 0.667. The maximum Gasteiger partial charge on any atom is 0.245 e. The number of likely N-dealkylation sites (tertiary alicyclic amines) is 1. The van der Waals surface area contributed by atoms with E-state index in [9.17, 15) is 9.90 Å². The molecule has 0 saturated carbocycles. The van der Waals surface area contributed by atoms with Gasteiger partial charge in [-0.05, 0) is 37.1 Å². The molecule has 7 heteroatoms. The number of aromatic nitrogens is 3. The number of phenols is 1. The summed E-state index contributed by atoms with van der Waals surface area (Å²) in [5, 5.41) is 19.9. The number of aromatic hydroxyl groups is 1. The lowest BCUT2D eigenvalue weighted by atomic mass is 9.90. The van der Waals surface area contributed by atoms with Crippen molar-refractivity contribution < 1.29 is 14.6 Å². The van der Waals surface area contributed by atoms with E-state index >= 15 is 0 Å². The van der Waals surface area contributed by atoms with Crippen LogP contribution in [0, 0.1) is 0 Å². The molecule has 148 valence electrons. The molecule has 3 aromatic rings. The van der Waals surface area contributed by atoms with E-state index in [-0.39, 0.29) is 23.7 Å². The number of para-hydroxylation sites is 1. The van der Waals surface area contributed by atoms with E-state index in [1.54, 1.807) is 17.0 Å². The van der Waals surface area contributed by atoms with Gasteiger partial charge in [0.05, 0.1) is 11.8 Å². The number of carbonyl (C=O) groups excluding carboxylic acids is 1. The standard InChI is InChI=1S/C22H22N4O3/c1-2-19(28)26-11-13(12-26)21-20(18-8-5-9-29-18)15-10-16(24-25-22(15)23-21)14-6-3-4-7-17(14)27/h2-4,6-7,10,13,18,27H,1,5,8-9,11-12H2,(H,23,25)/t18-/m0/s1. The fourth-order valence-electron chi connectivity index (χ4n) is 4.30. The fraction of sp³-hybridized carbons (Fsp3) is 0.318. The van der Waals surface area contributed by atoms with Crippen molar-refractivity contribution in [1.82, 2.24) is 20.1 Å². The van der Waals surface area contributed by atoms with Crippen LogP contribution in [0.5, 0.6) is 5.75 Å². The number of H-pyrrole nitrogens is 1. The molecule has 1 aromatic carbocycles. The number of hydrogen-bond acceptors (Lipinski definition) is 5. The molecule has 2 aliphatic rings. The summed E-state index contributed by atoms with van der Waals surface area (Å²) in [6.07, 6.45) is 3.33. The first-order valence-electron chi connectivity index (χ1n) is 9.86. The lowest BCUT2D eigenvalue weighted by Crippen LogP contribution is -2.48. The lowest BCUT2D eigenvalue weighted by molar-refractivity contribution is -0.130. The van der Waals surface area contributed by atoms with Gasteiger partial charge in [-0.25, -0.2) is 0 Å². The van der Waals surface area contributed by atoms with Crippen molar-refractivity contribution in [2.75, 3.05) is 19.7 Å². The van der Waals surface area contributed by atoms with Crippen molar-refractivity contribution in [3.8, 4) is 17.0 Å². The van der Waals surface area contributed by atoms with Crippen LogP contribution in [0.15, 0.2) is 43.0 Å². The normalized spacial score (nSPS) is 19.4. The van der Waals surface area contributed by atoms with Crippen molar-refractivity contribution in [2.24, 2.45) is 0 Å². The van der Waals surface area contributed by atoms with Crippen molar-refractivity contribution in [3.63, 3.8) is 0 Å². The molecule has 1 amide bonds. The van der Waals surface area contributed by atoms with Crippen molar-refractivity contribution in [1.29, 1.82) is 0 Å². The first-order valence-corrected chi connectivity index (χ1v) is 9.86. The summed E-state index contributed by atoms with van der Waals surface area (Å²) in [5.41, 5.74) is 4.16. The van der Waals surface area contributed by atoms with Gasteiger partial charge < -0.3 is 19.7 Å². The number of carbonyl (C=O) groups is 1. The van der Waals surface area contributed by atoms with Crippen LogP contribution in [0.1, 0.15) is 36.1 Å². The van der Waals surface area contributed by atoms with Crippen molar-refractivity contribution in [2.45, 2.75) is 24.9 Å². The molecule has 2 aromatic heterocycles. The summed E-state index contributed by atoms with van der Waals surface area (Å²) < 4.78 is 6.02. The summed E-state index contributed by atoms with van der Waals surface area (Å²) in [6, 6.07) is 9.09. The Morgan fingerprint density at radius 2 is 2.14 bits per heavy atom. The van der Waals surface area contributed by atoms with E-state index in [1.165, 1.54) is 6.08 Å². The number of hydrogen-bond donors (Lipinski definition) is 2. The Kier molecular flexibility index (Phi) is 4.32. The molecule has 5 rings (SSSR count). The molecular formula is C22H22N4O3. The summed E-state index contributed by atoms with van der Waals surface area (Å²) in [5.74, 6) is 0.340. The second kappa shape index (κ2) is 7.00. The van der Waals surface area contributed by atoms with Gasteiger partial charge in [-0.1, -0.05) is 18.7 Å². The highest BCUT2D eigenvalue weighted by Gasteiger charge is 2.36. The predicted octanol–water partition coefficient (Wildman–Crippen LogP) is 3.29. The molecule has 4 heterocycles. The highest BCUT2D eigenvalue weighted by atomic mass is 16.5. The van der Waals surface area contributed by atoms with E-state index in [0.29, 0.717) is 30.0 Å². The van der Waals surface area contributed by atoms with Crippen molar-refractivity contribution >= 4 is 16.9 Å². The topological polar surface area (TPSA) is 91.3 Å². The molecule has 2 fully saturated rings. The Hall–Kier alpha value is -3.19. The van der Waals surface area contributed by atoms with Crippen LogP contribution in [0.2, 0.25) is 0 Å². The second-order valence-corrected chi connectivity index (χ2v) is 7.61. The molecule has 0 radical (unpaired) electrons. The Labute approximate surface area is 168 Å².